The van der Waals surface area contributed by atoms with Crippen molar-refractivity contribution in [2.45, 2.75) is 51.2 Å². The number of carbonyl (C=O) groups excluding carboxylic acids is 2. The number of carbonyl (C=O) groups is 2. The second kappa shape index (κ2) is 10.5. The molecule has 0 radical (unpaired) electrons. The highest BCUT2D eigenvalue weighted by molar-refractivity contribution is 7.89. The highest BCUT2D eigenvalue weighted by Crippen LogP contribution is 2.16. The van der Waals surface area contributed by atoms with E-state index in [0.29, 0.717) is 0 Å². The molecule has 1 N–H and O–H groups in total. The zero-order valence-electron chi connectivity index (χ0n) is 18.7. The molecular weight excluding hydrogens is 414 g/mol. The van der Waals surface area contributed by atoms with Gasteiger partial charge in [0, 0.05) is 19.6 Å². The van der Waals surface area contributed by atoms with E-state index in [9.17, 15) is 18.0 Å². The zero-order valence-corrected chi connectivity index (χ0v) is 19.5. The summed E-state index contributed by atoms with van der Waals surface area (Å²) in [6.45, 7) is 7.03. The highest BCUT2D eigenvalue weighted by Gasteiger charge is 2.30. The molecule has 168 valence electrons. The summed E-state index contributed by atoms with van der Waals surface area (Å²) in [6.07, 6.45) is 0. The first kappa shape index (κ1) is 24.6. The lowest BCUT2D eigenvalue weighted by atomic mass is 10.1. The van der Waals surface area contributed by atoms with E-state index in [2.05, 4.69) is 5.32 Å². The summed E-state index contributed by atoms with van der Waals surface area (Å²) in [7, 11) is -2.47. The largest absolute Gasteiger partial charge is 0.352 e. The minimum absolute atomic E-state index is 0.0757. The number of benzene rings is 2. The van der Waals surface area contributed by atoms with Crippen molar-refractivity contribution >= 4 is 21.8 Å². The standard InChI is InChI=1S/C23H31N3O4S/c1-17(2)24-23(28)19(4)26(15-20-9-7-6-8-10-20)22(27)16-25(5)31(29,30)21-13-11-18(3)12-14-21/h6-14,17,19H,15-16H2,1-5H3,(H,24,28)/t19-/m0/s1. The molecule has 0 aliphatic carbocycles. The smallest absolute Gasteiger partial charge is 0.243 e. The van der Waals surface area contributed by atoms with Gasteiger partial charge in [0.05, 0.1) is 11.4 Å². The van der Waals surface area contributed by atoms with Crippen molar-refractivity contribution in [2.75, 3.05) is 13.6 Å². The normalized spacial score (nSPS) is 12.6. The van der Waals surface area contributed by atoms with E-state index in [1.54, 1.807) is 19.1 Å². The third-order valence-corrected chi connectivity index (χ3v) is 6.70. The first-order chi connectivity index (χ1) is 14.5. The van der Waals surface area contributed by atoms with E-state index in [1.807, 2.05) is 51.1 Å². The fraction of sp³-hybridized carbons (Fsp3) is 0.391. The summed E-state index contributed by atoms with van der Waals surface area (Å²) < 4.78 is 26.8. The average molecular weight is 446 g/mol. The van der Waals surface area contributed by atoms with Crippen LogP contribution in [0.3, 0.4) is 0 Å². The number of hydrogen-bond donors (Lipinski definition) is 1. The molecule has 0 aromatic heterocycles. The molecule has 8 heteroatoms. The topological polar surface area (TPSA) is 86.8 Å². The van der Waals surface area contributed by atoms with Crippen LogP contribution in [0.1, 0.15) is 31.9 Å². The van der Waals surface area contributed by atoms with Crippen LogP contribution in [0.2, 0.25) is 0 Å². The molecule has 0 spiro atoms. The van der Waals surface area contributed by atoms with Gasteiger partial charge in [-0.25, -0.2) is 8.42 Å². The van der Waals surface area contributed by atoms with E-state index in [0.717, 1.165) is 15.4 Å². The molecule has 0 fully saturated rings. The molecule has 0 unspecified atom stereocenters. The molecule has 0 aliphatic rings. The van der Waals surface area contributed by atoms with Gasteiger partial charge < -0.3 is 10.2 Å². The van der Waals surface area contributed by atoms with Gasteiger partial charge >= 0.3 is 0 Å². The Morgan fingerprint density at radius 3 is 2.10 bits per heavy atom. The molecule has 31 heavy (non-hydrogen) atoms. The summed E-state index contributed by atoms with van der Waals surface area (Å²) in [5.41, 5.74) is 1.79. The van der Waals surface area contributed by atoms with E-state index in [1.165, 1.54) is 24.1 Å². The van der Waals surface area contributed by atoms with Crippen LogP contribution in [-0.2, 0) is 26.2 Å². The van der Waals surface area contributed by atoms with Gasteiger partial charge in [-0.05, 0) is 45.4 Å². The van der Waals surface area contributed by atoms with Crippen LogP contribution in [-0.4, -0.2) is 55.1 Å². The molecular formula is C23H31N3O4S. The molecule has 0 saturated carbocycles. The number of aryl methyl sites for hydroxylation is 1. The first-order valence-electron chi connectivity index (χ1n) is 10.2. The van der Waals surface area contributed by atoms with Gasteiger partial charge in [-0.15, -0.1) is 0 Å². The Morgan fingerprint density at radius 2 is 1.55 bits per heavy atom. The number of hydrogen-bond acceptors (Lipinski definition) is 4. The van der Waals surface area contributed by atoms with Crippen LogP contribution >= 0.6 is 0 Å². The van der Waals surface area contributed by atoms with Crippen molar-refractivity contribution in [3.8, 4) is 0 Å². The lowest BCUT2D eigenvalue weighted by molar-refractivity contribution is -0.140. The van der Waals surface area contributed by atoms with Crippen molar-refractivity contribution in [1.29, 1.82) is 0 Å². The minimum atomic E-state index is -3.84. The SMILES string of the molecule is Cc1ccc(S(=O)(=O)N(C)CC(=O)N(Cc2ccccc2)[C@@H](C)C(=O)NC(C)C)cc1. The molecule has 1 atom stereocenters. The minimum Gasteiger partial charge on any atom is -0.352 e. The van der Waals surface area contributed by atoms with Gasteiger partial charge in [0.15, 0.2) is 0 Å². The maximum absolute atomic E-state index is 13.2. The van der Waals surface area contributed by atoms with Gasteiger partial charge in [0.2, 0.25) is 21.8 Å². The average Bonchev–Trinajstić information content (AvgIpc) is 2.72. The van der Waals surface area contributed by atoms with Gasteiger partial charge in [-0.3, -0.25) is 9.59 Å². The Labute approximate surface area is 185 Å². The Kier molecular flexibility index (Phi) is 8.36. The van der Waals surface area contributed by atoms with Crippen LogP contribution < -0.4 is 5.32 Å². The van der Waals surface area contributed by atoms with Gasteiger partial charge in [-0.2, -0.15) is 4.31 Å². The number of likely N-dealkylation sites (N-methyl/N-ethyl adjacent to an activating group) is 1. The number of rotatable bonds is 9. The maximum atomic E-state index is 13.2. The lowest BCUT2D eigenvalue weighted by Crippen LogP contribution is -2.51. The summed E-state index contributed by atoms with van der Waals surface area (Å²) >= 11 is 0. The molecule has 0 bridgehead atoms. The summed E-state index contributed by atoms with van der Waals surface area (Å²) in [5, 5.41) is 2.81. The molecule has 0 heterocycles. The van der Waals surface area contributed by atoms with Gasteiger partial charge in [0.25, 0.3) is 0 Å². The van der Waals surface area contributed by atoms with Crippen molar-refractivity contribution in [1.82, 2.24) is 14.5 Å². The molecule has 2 amide bonds. The first-order valence-corrected chi connectivity index (χ1v) is 11.6. The summed E-state index contributed by atoms with van der Waals surface area (Å²) in [6, 6.07) is 14.9. The Bertz CT molecular complexity index is 989. The van der Waals surface area contributed by atoms with Gasteiger partial charge in [0.1, 0.15) is 6.04 Å². The monoisotopic (exact) mass is 445 g/mol. The highest BCUT2D eigenvalue weighted by atomic mass is 32.2. The van der Waals surface area contributed by atoms with Crippen LogP contribution in [0.15, 0.2) is 59.5 Å². The van der Waals surface area contributed by atoms with Crippen LogP contribution in [0.5, 0.6) is 0 Å². The van der Waals surface area contributed by atoms with Crippen molar-refractivity contribution in [3.63, 3.8) is 0 Å². The second-order valence-corrected chi connectivity index (χ2v) is 9.97. The van der Waals surface area contributed by atoms with Gasteiger partial charge in [-0.1, -0.05) is 48.0 Å². The molecule has 2 rings (SSSR count). The fourth-order valence-corrected chi connectivity index (χ4v) is 4.14. The molecule has 0 aliphatic heterocycles. The second-order valence-electron chi connectivity index (χ2n) is 7.92. The van der Waals surface area contributed by atoms with E-state index in [-0.39, 0.29) is 29.9 Å². The summed E-state index contributed by atoms with van der Waals surface area (Å²) in [4.78, 5) is 27.3. The van der Waals surface area contributed by atoms with Crippen molar-refractivity contribution < 1.29 is 18.0 Å². The molecule has 0 saturated heterocycles. The molecule has 2 aromatic carbocycles. The summed E-state index contributed by atoms with van der Waals surface area (Å²) in [5.74, 6) is -0.739. The van der Waals surface area contributed by atoms with Crippen LogP contribution in [0, 0.1) is 6.92 Å². The number of sulfonamides is 1. The Balaban J connectivity index is 2.24. The predicted octanol–water partition coefficient (Wildman–Crippen LogP) is 2.56. The molecule has 7 nitrogen and oxygen atoms in total. The van der Waals surface area contributed by atoms with Crippen LogP contribution in [0.4, 0.5) is 0 Å². The maximum Gasteiger partial charge on any atom is 0.243 e. The third-order valence-electron chi connectivity index (χ3n) is 4.88. The molecule has 2 aromatic rings. The third kappa shape index (κ3) is 6.63. The van der Waals surface area contributed by atoms with E-state index in [4.69, 9.17) is 0 Å². The van der Waals surface area contributed by atoms with Crippen molar-refractivity contribution in [2.24, 2.45) is 0 Å². The number of nitrogens with zero attached hydrogens (tertiary/aromatic N) is 2. The number of amides is 2. The lowest BCUT2D eigenvalue weighted by Gasteiger charge is -2.30. The quantitative estimate of drug-likeness (QED) is 0.643. The fourth-order valence-electron chi connectivity index (χ4n) is 3.02. The predicted molar refractivity (Wildman–Crippen MR) is 121 cm³/mol. The number of nitrogens with one attached hydrogen (secondary N) is 1. The van der Waals surface area contributed by atoms with E-state index >= 15 is 0 Å². The van der Waals surface area contributed by atoms with Crippen LogP contribution in [0.25, 0.3) is 0 Å². The Morgan fingerprint density at radius 1 is 0.968 bits per heavy atom. The Hall–Kier alpha value is -2.71. The zero-order chi connectivity index (χ0) is 23.2. The van der Waals surface area contributed by atoms with E-state index < -0.39 is 22.0 Å². The van der Waals surface area contributed by atoms with Crippen molar-refractivity contribution in [3.05, 3.63) is 65.7 Å².